The van der Waals surface area contributed by atoms with Crippen LogP contribution in [-0.2, 0) is 23.3 Å². The van der Waals surface area contributed by atoms with Gasteiger partial charge in [-0.2, -0.15) is 9.72 Å². The number of hydrogen-bond donors (Lipinski definition) is 1. The number of aryl methyl sites for hydroxylation is 1. The number of fused-ring (bicyclic) bond motifs is 1. The Labute approximate surface area is 202 Å². The molecule has 1 unspecified atom stereocenters. The van der Waals surface area contributed by atoms with E-state index in [1.54, 1.807) is 24.6 Å². The predicted molar refractivity (Wildman–Crippen MR) is 126 cm³/mol. The topological polar surface area (TPSA) is 130 Å². The summed E-state index contributed by atoms with van der Waals surface area (Å²) in [4.78, 5) is 37.9. The molecule has 178 valence electrons. The van der Waals surface area contributed by atoms with E-state index in [2.05, 4.69) is 20.4 Å². The molecule has 1 aliphatic rings. The van der Waals surface area contributed by atoms with Gasteiger partial charge in [0.2, 0.25) is 6.10 Å². The van der Waals surface area contributed by atoms with Crippen molar-refractivity contribution >= 4 is 28.1 Å². The predicted octanol–water partition coefficient (Wildman–Crippen LogP) is 2.58. The molecule has 0 saturated heterocycles. The maximum atomic E-state index is 12.6. The van der Waals surface area contributed by atoms with Crippen molar-refractivity contribution in [2.75, 3.05) is 11.9 Å². The number of amides is 1. The van der Waals surface area contributed by atoms with Crippen LogP contribution in [0.3, 0.4) is 0 Å². The normalized spacial score (nSPS) is 15.0. The highest BCUT2D eigenvalue weighted by Gasteiger charge is 2.28. The molecule has 1 aliphatic heterocycles. The molecule has 0 radical (unpaired) electrons. The van der Waals surface area contributed by atoms with Crippen LogP contribution in [0.2, 0.25) is 0 Å². The van der Waals surface area contributed by atoms with E-state index in [1.807, 2.05) is 42.5 Å². The first kappa shape index (κ1) is 22.3. The number of oxime groups is 1. The van der Waals surface area contributed by atoms with Crippen molar-refractivity contribution in [1.82, 2.24) is 14.7 Å². The summed E-state index contributed by atoms with van der Waals surface area (Å²) in [6.07, 6.45) is -0.791. The van der Waals surface area contributed by atoms with Gasteiger partial charge in [0.05, 0.1) is 5.69 Å². The third-order valence-electron chi connectivity index (χ3n) is 4.92. The van der Waals surface area contributed by atoms with Gasteiger partial charge in [-0.25, -0.2) is 9.78 Å². The zero-order valence-corrected chi connectivity index (χ0v) is 19.2. The Kier molecular flexibility index (Phi) is 6.26. The Morgan fingerprint density at radius 1 is 1.17 bits per heavy atom. The van der Waals surface area contributed by atoms with Crippen LogP contribution < -0.4 is 20.5 Å². The summed E-state index contributed by atoms with van der Waals surface area (Å²) in [5.41, 5.74) is 1.58. The first-order valence-corrected chi connectivity index (χ1v) is 11.4. The zero-order valence-electron chi connectivity index (χ0n) is 18.4. The average molecular weight is 494 g/mol. The lowest BCUT2D eigenvalue weighted by Crippen LogP contribution is -2.40. The molecule has 1 amide bonds. The van der Waals surface area contributed by atoms with Gasteiger partial charge >= 0.3 is 5.76 Å². The van der Waals surface area contributed by atoms with Crippen LogP contribution in [-0.4, -0.2) is 39.0 Å². The summed E-state index contributed by atoms with van der Waals surface area (Å²) in [6.45, 7) is 0.136. The zero-order chi connectivity index (χ0) is 24.2. The maximum Gasteiger partial charge on any atom is 0.460 e. The molecule has 1 N–H and O–H groups in total. The minimum Gasteiger partial charge on any atom is -0.485 e. The fraction of sp³-hybridized carbons (Fsp3) is 0.174. The van der Waals surface area contributed by atoms with E-state index >= 15 is 0 Å². The van der Waals surface area contributed by atoms with Gasteiger partial charge in [0.1, 0.15) is 6.61 Å². The fourth-order valence-electron chi connectivity index (χ4n) is 3.29. The van der Waals surface area contributed by atoms with Crippen molar-refractivity contribution < 1.29 is 23.6 Å². The summed E-state index contributed by atoms with van der Waals surface area (Å²) < 4.78 is 17.5. The standard InChI is InChI=1S/C23H19N5O6S/c1-28-20(25-23(30)34-28)19(14-7-3-2-4-8-14)27-32-11-15-13-35-22(24-15)26-21(29)18-12-31-16-9-5-6-10-17(16)33-18/h2-10,13,18H,11-12H2,1H3,(H,24,26,29)/b27-19+. The second kappa shape index (κ2) is 9.81. The number of benzene rings is 2. The number of nitrogens with one attached hydrogen (secondary N) is 1. The lowest BCUT2D eigenvalue weighted by atomic mass is 10.1. The number of thiazole rings is 1. The molecule has 12 heteroatoms. The summed E-state index contributed by atoms with van der Waals surface area (Å²) in [5, 5.41) is 9.04. The lowest BCUT2D eigenvalue weighted by molar-refractivity contribution is -0.125. The van der Waals surface area contributed by atoms with E-state index < -0.39 is 11.9 Å². The van der Waals surface area contributed by atoms with E-state index in [0.29, 0.717) is 33.6 Å². The monoisotopic (exact) mass is 493 g/mol. The van der Waals surface area contributed by atoms with Gasteiger partial charge in [0, 0.05) is 18.0 Å². The molecule has 0 fully saturated rings. The van der Waals surface area contributed by atoms with Crippen LogP contribution in [0.5, 0.6) is 11.5 Å². The van der Waals surface area contributed by atoms with Crippen molar-refractivity contribution in [2.24, 2.45) is 12.2 Å². The van der Waals surface area contributed by atoms with Crippen LogP contribution >= 0.6 is 11.3 Å². The molecular formula is C23H19N5O6S. The van der Waals surface area contributed by atoms with E-state index in [1.165, 1.54) is 16.1 Å². The summed E-state index contributed by atoms with van der Waals surface area (Å²) in [6, 6.07) is 16.3. The second-order valence-electron chi connectivity index (χ2n) is 7.37. The number of hydrogen-bond acceptors (Lipinski definition) is 10. The van der Waals surface area contributed by atoms with Gasteiger partial charge in [0.25, 0.3) is 5.91 Å². The minimum atomic E-state index is -0.791. The Hall–Kier alpha value is -4.45. The van der Waals surface area contributed by atoms with Gasteiger partial charge in [-0.1, -0.05) is 47.6 Å². The van der Waals surface area contributed by atoms with E-state index in [9.17, 15) is 9.59 Å². The summed E-state index contributed by atoms with van der Waals surface area (Å²) in [5.74, 6) is 0.249. The number of anilines is 1. The quantitative estimate of drug-likeness (QED) is 0.307. The Balaban J connectivity index is 1.23. The number of aromatic nitrogens is 3. The molecule has 0 bridgehead atoms. The highest BCUT2D eigenvalue weighted by atomic mass is 32.1. The Morgan fingerprint density at radius 3 is 2.71 bits per heavy atom. The van der Waals surface area contributed by atoms with Crippen LogP contribution in [0.4, 0.5) is 5.13 Å². The molecule has 0 spiro atoms. The van der Waals surface area contributed by atoms with Gasteiger partial charge < -0.3 is 18.8 Å². The van der Waals surface area contributed by atoms with E-state index in [0.717, 1.165) is 0 Å². The molecule has 11 nitrogen and oxygen atoms in total. The largest absolute Gasteiger partial charge is 0.485 e. The fourth-order valence-corrected chi connectivity index (χ4v) is 3.98. The molecule has 1 atom stereocenters. The molecule has 3 heterocycles. The molecule has 0 aliphatic carbocycles. The Morgan fingerprint density at radius 2 is 1.94 bits per heavy atom. The number of ether oxygens (including phenoxy) is 2. The first-order valence-electron chi connectivity index (χ1n) is 10.5. The first-order chi connectivity index (χ1) is 17.1. The van der Waals surface area contributed by atoms with Crippen molar-refractivity contribution in [3.8, 4) is 11.5 Å². The third kappa shape index (κ3) is 5.06. The Bertz CT molecular complexity index is 1430. The summed E-state index contributed by atoms with van der Waals surface area (Å²) >= 11 is 1.24. The minimum absolute atomic E-state index is 0.0327. The van der Waals surface area contributed by atoms with Crippen molar-refractivity contribution in [2.45, 2.75) is 12.7 Å². The van der Waals surface area contributed by atoms with E-state index in [-0.39, 0.29) is 24.9 Å². The molecule has 5 rings (SSSR count). The van der Waals surface area contributed by atoms with Crippen molar-refractivity contribution in [3.63, 3.8) is 0 Å². The molecule has 0 saturated carbocycles. The average Bonchev–Trinajstić information content (AvgIpc) is 3.46. The molecule has 2 aromatic carbocycles. The third-order valence-corrected chi connectivity index (χ3v) is 5.73. The highest BCUT2D eigenvalue weighted by molar-refractivity contribution is 7.13. The van der Waals surface area contributed by atoms with Crippen molar-refractivity contribution in [1.29, 1.82) is 0 Å². The maximum absolute atomic E-state index is 12.6. The van der Waals surface area contributed by atoms with Gasteiger partial charge in [0.15, 0.2) is 34.8 Å². The van der Waals surface area contributed by atoms with Gasteiger partial charge in [-0.15, -0.1) is 11.3 Å². The molecule has 2 aromatic heterocycles. The molecule has 35 heavy (non-hydrogen) atoms. The summed E-state index contributed by atoms with van der Waals surface area (Å²) in [7, 11) is 1.55. The lowest BCUT2D eigenvalue weighted by Gasteiger charge is -2.25. The SMILES string of the molecule is Cn1oc(=O)nc1/C(=N/OCc1csc(NC(=O)C2COc3ccccc3O2)n1)c1ccccc1. The molecular weight excluding hydrogens is 474 g/mol. The number of carbonyl (C=O) groups excluding carboxylic acids is 1. The van der Waals surface area contributed by atoms with Crippen LogP contribution in [0.25, 0.3) is 0 Å². The highest BCUT2D eigenvalue weighted by Crippen LogP contribution is 2.31. The number of para-hydroxylation sites is 2. The van der Waals surface area contributed by atoms with Gasteiger partial charge in [-0.3, -0.25) is 10.1 Å². The second-order valence-corrected chi connectivity index (χ2v) is 8.23. The van der Waals surface area contributed by atoms with Gasteiger partial charge in [-0.05, 0) is 12.1 Å². The van der Waals surface area contributed by atoms with Crippen LogP contribution in [0.1, 0.15) is 17.1 Å². The smallest absolute Gasteiger partial charge is 0.460 e. The van der Waals surface area contributed by atoms with E-state index in [4.69, 9.17) is 18.8 Å². The number of nitrogens with zero attached hydrogens (tertiary/aromatic N) is 4. The van der Waals surface area contributed by atoms with Crippen molar-refractivity contribution in [3.05, 3.63) is 87.6 Å². The molecule has 4 aromatic rings. The van der Waals surface area contributed by atoms with Crippen LogP contribution in [0.15, 0.2) is 74.5 Å². The number of rotatable bonds is 7. The number of carbonyl (C=O) groups is 1. The van der Waals surface area contributed by atoms with Crippen LogP contribution in [0, 0.1) is 0 Å².